The van der Waals surface area contributed by atoms with Crippen molar-refractivity contribution in [1.29, 1.82) is 5.26 Å². The van der Waals surface area contributed by atoms with E-state index in [2.05, 4.69) is 6.07 Å². The van der Waals surface area contributed by atoms with Gasteiger partial charge in [0, 0.05) is 12.1 Å². The van der Waals surface area contributed by atoms with E-state index in [1.807, 2.05) is 24.3 Å². The first kappa shape index (κ1) is 17.0. The van der Waals surface area contributed by atoms with Crippen LogP contribution in [0.4, 0.5) is 0 Å². The van der Waals surface area contributed by atoms with Crippen LogP contribution in [0.3, 0.4) is 0 Å². The Morgan fingerprint density at radius 3 is 2.92 bits per heavy atom. The number of nitriles is 1. The highest BCUT2D eigenvalue weighted by Gasteiger charge is 2.28. The normalized spacial score (nSPS) is 16.5. The maximum atomic E-state index is 12.7. The van der Waals surface area contributed by atoms with Gasteiger partial charge in [0.15, 0.2) is 0 Å². The fourth-order valence-corrected chi connectivity index (χ4v) is 3.10. The van der Waals surface area contributed by atoms with Crippen LogP contribution in [-0.4, -0.2) is 35.1 Å². The molecule has 3 rings (SSSR count). The van der Waals surface area contributed by atoms with Gasteiger partial charge in [-0.25, -0.2) is 0 Å². The summed E-state index contributed by atoms with van der Waals surface area (Å²) in [6, 6.07) is 16.4. The topological polar surface area (TPSA) is 73.6 Å². The number of carbonyl (C=O) groups is 1. The lowest BCUT2D eigenvalue weighted by Crippen LogP contribution is -2.37. The zero-order valence-corrected chi connectivity index (χ0v) is 13.9. The van der Waals surface area contributed by atoms with Crippen LogP contribution in [-0.2, 0) is 6.61 Å². The molecular weight excluding hydrogens is 316 g/mol. The minimum atomic E-state index is -0.0880. The standard InChI is InChI=1S/C20H20N2O3/c21-12-17-6-1-2-9-19(17)25-14-15-5-3-7-16(11-15)20(24)22-10-4-8-18(22)13-23/h1-3,5-7,9,11,18,23H,4,8,10,13-14H2/t18-/m1/s1. The number of hydrogen-bond acceptors (Lipinski definition) is 4. The molecule has 1 N–H and O–H groups in total. The second-order valence-electron chi connectivity index (χ2n) is 6.07. The molecule has 1 aliphatic rings. The maximum absolute atomic E-state index is 12.7. The fourth-order valence-electron chi connectivity index (χ4n) is 3.10. The Balaban J connectivity index is 1.71. The molecule has 1 fully saturated rings. The number of rotatable bonds is 5. The number of aliphatic hydroxyl groups is 1. The highest BCUT2D eigenvalue weighted by molar-refractivity contribution is 5.94. The van der Waals surface area contributed by atoms with Gasteiger partial charge in [-0.05, 0) is 42.7 Å². The van der Waals surface area contributed by atoms with E-state index in [1.165, 1.54) is 0 Å². The van der Waals surface area contributed by atoms with Gasteiger partial charge in [0.1, 0.15) is 18.4 Å². The first-order chi connectivity index (χ1) is 12.2. The van der Waals surface area contributed by atoms with Gasteiger partial charge in [-0.15, -0.1) is 0 Å². The van der Waals surface area contributed by atoms with Crippen molar-refractivity contribution < 1.29 is 14.6 Å². The maximum Gasteiger partial charge on any atom is 0.254 e. The minimum absolute atomic E-state index is 0.000510. The lowest BCUT2D eigenvalue weighted by atomic mass is 10.1. The summed E-state index contributed by atoms with van der Waals surface area (Å²) in [6.07, 6.45) is 1.76. The van der Waals surface area contributed by atoms with E-state index in [0.29, 0.717) is 23.4 Å². The average molecular weight is 336 g/mol. The number of para-hydroxylation sites is 1. The molecule has 1 aliphatic heterocycles. The number of carbonyl (C=O) groups excluding carboxylic acids is 1. The number of nitrogens with zero attached hydrogens (tertiary/aromatic N) is 2. The van der Waals surface area contributed by atoms with Crippen LogP contribution >= 0.6 is 0 Å². The summed E-state index contributed by atoms with van der Waals surface area (Å²) in [5.41, 5.74) is 1.94. The van der Waals surface area contributed by atoms with Crippen LogP contribution < -0.4 is 4.74 Å². The van der Waals surface area contributed by atoms with Crippen LogP contribution in [0.15, 0.2) is 48.5 Å². The molecule has 1 heterocycles. The number of ether oxygens (including phenoxy) is 1. The van der Waals surface area contributed by atoms with E-state index in [9.17, 15) is 9.90 Å². The Morgan fingerprint density at radius 2 is 2.12 bits per heavy atom. The molecule has 2 aromatic carbocycles. The van der Waals surface area contributed by atoms with E-state index >= 15 is 0 Å². The fraction of sp³-hybridized carbons (Fsp3) is 0.300. The van der Waals surface area contributed by atoms with Crippen LogP contribution in [0, 0.1) is 11.3 Å². The lowest BCUT2D eigenvalue weighted by molar-refractivity contribution is 0.0677. The number of aliphatic hydroxyl groups excluding tert-OH is 1. The molecule has 0 unspecified atom stereocenters. The van der Waals surface area contributed by atoms with Gasteiger partial charge < -0.3 is 14.7 Å². The Hall–Kier alpha value is -2.84. The Kier molecular flexibility index (Phi) is 5.32. The second kappa shape index (κ2) is 7.82. The van der Waals surface area contributed by atoms with Crippen molar-refractivity contribution in [2.24, 2.45) is 0 Å². The third kappa shape index (κ3) is 3.81. The number of likely N-dealkylation sites (tertiary alicyclic amines) is 1. The molecule has 1 amide bonds. The largest absolute Gasteiger partial charge is 0.488 e. The molecule has 0 aliphatic carbocycles. The van der Waals surface area contributed by atoms with Gasteiger partial charge in [-0.3, -0.25) is 4.79 Å². The smallest absolute Gasteiger partial charge is 0.254 e. The monoisotopic (exact) mass is 336 g/mol. The second-order valence-corrected chi connectivity index (χ2v) is 6.07. The molecule has 5 heteroatoms. The summed E-state index contributed by atoms with van der Waals surface area (Å²) in [4.78, 5) is 14.4. The van der Waals surface area contributed by atoms with E-state index in [4.69, 9.17) is 10.00 Å². The van der Waals surface area contributed by atoms with Gasteiger partial charge in [0.05, 0.1) is 18.2 Å². The van der Waals surface area contributed by atoms with Gasteiger partial charge >= 0.3 is 0 Å². The summed E-state index contributed by atoms with van der Waals surface area (Å²) in [7, 11) is 0. The Labute approximate surface area is 147 Å². The van der Waals surface area contributed by atoms with Crippen molar-refractivity contribution >= 4 is 5.91 Å². The van der Waals surface area contributed by atoms with Gasteiger partial charge in [0.2, 0.25) is 0 Å². The molecule has 1 atom stereocenters. The van der Waals surface area contributed by atoms with Crippen molar-refractivity contribution in [2.45, 2.75) is 25.5 Å². The summed E-state index contributed by atoms with van der Waals surface area (Å²) in [6.45, 7) is 0.961. The Bertz CT molecular complexity index is 798. The van der Waals surface area contributed by atoms with E-state index in [1.54, 1.807) is 29.2 Å². The molecular formula is C20H20N2O3. The first-order valence-electron chi connectivity index (χ1n) is 8.35. The molecule has 25 heavy (non-hydrogen) atoms. The number of amides is 1. The van der Waals surface area contributed by atoms with Gasteiger partial charge in [0.25, 0.3) is 5.91 Å². The molecule has 5 nitrogen and oxygen atoms in total. The summed E-state index contributed by atoms with van der Waals surface area (Å²) >= 11 is 0. The predicted octanol–water partition coefficient (Wildman–Crippen LogP) is 2.73. The number of hydrogen-bond donors (Lipinski definition) is 1. The molecule has 0 bridgehead atoms. The number of benzene rings is 2. The molecule has 128 valence electrons. The zero-order valence-electron chi connectivity index (χ0n) is 13.9. The Morgan fingerprint density at radius 1 is 1.28 bits per heavy atom. The van der Waals surface area contributed by atoms with Gasteiger partial charge in [-0.1, -0.05) is 24.3 Å². The molecule has 0 radical (unpaired) electrons. The highest BCUT2D eigenvalue weighted by Crippen LogP contribution is 2.21. The average Bonchev–Trinajstić information content (AvgIpc) is 3.15. The third-order valence-corrected chi connectivity index (χ3v) is 4.42. The van der Waals surface area contributed by atoms with E-state index in [0.717, 1.165) is 18.4 Å². The molecule has 0 aromatic heterocycles. The van der Waals surface area contributed by atoms with E-state index in [-0.39, 0.29) is 25.2 Å². The van der Waals surface area contributed by atoms with Gasteiger partial charge in [-0.2, -0.15) is 5.26 Å². The minimum Gasteiger partial charge on any atom is -0.488 e. The predicted molar refractivity (Wildman–Crippen MR) is 93.1 cm³/mol. The lowest BCUT2D eigenvalue weighted by Gasteiger charge is -2.23. The molecule has 1 saturated heterocycles. The molecule has 2 aromatic rings. The van der Waals surface area contributed by atoms with Crippen molar-refractivity contribution in [3.05, 3.63) is 65.2 Å². The first-order valence-corrected chi connectivity index (χ1v) is 8.35. The summed E-state index contributed by atoms with van der Waals surface area (Å²) < 4.78 is 5.73. The van der Waals surface area contributed by atoms with Crippen molar-refractivity contribution in [1.82, 2.24) is 4.90 Å². The highest BCUT2D eigenvalue weighted by atomic mass is 16.5. The van der Waals surface area contributed by atoms with Crippen molar-refractivity contribution in [3.63, 3.8) is 0 Å². The molecule has 0 saturated carbocycles. The summed E-state index contributed by atoms with van der Waals surface area (Å²) in [5.74, 6) is 0.470. The molecule has 0 spiro atoms. The van der Waals surface area contributed by atoms with Crippen LogP contribution in [0.1, 0.15) is 34.3 Å². The van der Waals surface area contributed by atoms with Crippen LogP contribution in [0.2, 0.25) is 0 Å². The van der Waals surface area contributed by atoms with Crippen LogP contribution in [0.5, 0.6) is 5.75 Å². The van der Waals surface area contributed by atoms with E-state index < -0.39 is 0 Å². The SMILES string of the molecule is N#Cc1ccccc1OCc1cccc(C(=O)N2CCC[C@@H]2CO)c1. The van der Waals surface area contributed by atoms with Crippen molar-refractivity contribution in [3.8, 4) is 11.8 Å². The zero-order chi connectivity index (χ0) is 17.6. The third-order valence-electron chi connectivity index (χ3n) is 4.42. The quantitative estimate of drug-likeness (QED) is 0.911. The van der Waals surface area contributed by atoms with Crippen LogP contribution in [0.25, 0.3) is 0 Å². The van der Waals surface area contributed by atoms with Crippen molar-refractivity contribution in [2.75, 3.05) is 13.2 Å². The summed E-state index contributed by atoms with van der Waals surface area (Å²) in [5, 5.41) is 18.5.